The van der Waals surface area contributed by atoms with Crippen molar-refractivity contribution in [2.75, 3.05) is 24.8 Å². The van der Waals surface area contributed by atoms with Gasteiger partial charge in [0.1, 0.15) is 5.75 Å². The summed E-state index contributed by atoms with van der Waals surface area (Å²) in [6.45, 7) is 2.07. The van der Waals surface area contributed by atoms with Crippen molar-refractivity contribution >= 4 is 28.3 Å². The number of benzene rings is 1. The Morgan fingerprint density at radius 1 is 1.33 bits per heavy atom. The van der Waals surface area contributed by atoms with Crippen LogP contribution in [0, 0.1) is 0 Å². The largest absolute Gasteiger partial charge is 0.495 e. The van der Waals surface area contributed by atoms with Crippen LogP contribution in [0.4, 0.5) is 17.3 Å². The number of aryl methyl sites for hydroxylation is 1. The van der Waals surface area contributed by atoms with Gasteiger partial charge in [-0.25, -0.2) is 0 Å². The fourth-order valence-electron chi connectivity index (χ4n) is 2.16. The number of nitrogens with one attached hydrogen (secondary N) is 3. The molecule has 110 valence electrons. The topological polar surface area (TPSA) is 88.0 Å². The number of fused-ring (bicyclic) bond motifs is 1. The number of aromatic amines is 1. The molecular weight excluding hydrogens is 270 g/mol. The van der Waals surface area contributed by atoms with Gasteiger partial charge >= 0.3 is 0 Å². The molecule has 21 heavy (non-hydrogen) atoms. The van der Waals surface area contributed by atoms with Crippen LogP contribution in [0.2, 0.25) is 0 Å². The lowest BCUT2D eigenvalue weighted by atomic mass is 10.2. The molecule has 2 aromatic heterocycles. The third-order valence-electron chi connectivity index (χ3n) is 3.30. The highest BCUT2D eigenvalue weighted by Gasteiger charge is 2.13. The second kappa shape index (κ2) is 5.35. The van der Waals surface area contributed by atoms with Crippen molar-refractivity contribution in [3.63, 3.8) is 0 Å². The Kier molecular flexibility index (Phi) is 3.39. The van der Waals surface area contributed by atoms with Crippen LogP contribution in [-0.4, -0.2) is 29.5 Å². The van der Waals surface area contributed by atoms with Crippen molar-refractivity contribution in [2.45, 2.75) is 13.3 Å². The van der Waals surface area contributed by atoms with Gasteiger partial charge in [-0.2, -0.15) is 5.10 Å². The number of anilines is 3. The number of hydrogen-bond donors (Lipinski definition) is 3. The van der Waals surface area contributed by atoms with E-state index < -0.39 is 0 Å². The van der Waals surface area contributed by atoms with E-state index in [1.165, 1.54) is 0 Å². The summed E-state index contributed by atoms with van der Waals surface area (Å²) >= 11 is 0. The summed E-state index contributed by atoms with van der Waals surface area (Å²) in [5.41, 5.74) is 2.52. The number of rotatable bonds is 5. The summed E-state index contributed by atoms with van der Waals surface area (Å²) in [5.74, 6) is 2.11. The van der Waals surface area contributed by atoms with Crippen LogP contribution in [0.15, 0.2) is 22.7 Å². The van der Waals surface area contributed by atoms with Crippen molar-refractivity contribution in [1.82, 2.24) is 15.4 Å². The highest BCUT2D eigenvalue weighted by Crippen LogP contribution is 2.35. The van der Waals surface area contributed by atoms with E-state index in [9.17, 15) is 0 Å². The van der Waals surface area contributed by atoms with Crippen LogP contribution in [0.1, 0.15) is 12.6 Å². The summed E-state index contributed by atoms with van der Waals surface area (Å²) < 4.78 is 10.7. The van der Waals surface area contributed by atoms with Crippen LogP contribution in [0.3, 0.4) is 0 Å². The second-order valence-corrected chi connectivity index (χ2v) is 4.59. The third kappa shape index (κ3) is 2.37. The molecule has 0 saturated heterocycles. The van der Waals surface area contributed by atoms with Gasteiger partial charge in [-0.3, -0.25) is 5.10 Å². The third-order valence-corrected chi connectivity index (χ3v) is 3.30. The summed E-state index contributed by atoms with van der Waals surface area (Å²) in [4.78, 5) is 0. The molecular formula is C14H17N5O2. The molecule has 0 bridgehead atoms. The van der Waals surface area contributed by atoms with Crippen molar-refractivity contribution in [1.29, 1.82) is 0 Å². The highest BCUT2D eigenvalue weighted by molar-refractivity contribution is 5.93. The molecule has 3 N–H and O–H groups in total. The number of hydrogen-bond acceptors (Lipinski definition) is 6. The molecule has 7 nitrogen and oxygen atoms in total. The smallest absolute Gasteiger partial charge is 0.177 e. The maximum atomic E-state index is 5.43. The van der Waals surface area contributed by atoms with Gasteiger partial charge < -0.3 is 19.9 Å². The average molecular weight is 287 g/mol. The SMILES string of the molecule is CCc1cc(Nc2cc3onc(NC)c3cc2OC)n[nH]1. The first-order valence-electron chi connectivity index (χ1n) is 6.71. The maximum Gasteiger partial charge on any atom is 0.177 e. The number of aromatic nitrogens is 3. The monoisotopic (exact) mass is 287 g/mol. The molecule has 0 aliphatic heterocycles. The molecule has 0 unspecified atom stereocenters. The molecule has 3 rings (SSSR count). The normalized spacial score (nSPS) is 10.8. The molecule has 0 saturated carbocycles. The molecule has 2 heterocycles. The van der Waals surface area contributed by atoms with E-state index in [2.05, 4.69) is 32.9 Å². The van der Waals surface area contributed by atoms with Gasteiger partial charge in [0.15, 0.2) is 17.2 Å². The Labute approximate surface area is 121 Å². The second-order valence-electron chi connectivity index (χ2n) is 4.59. The van der Waals surface area contributed by atoms with Crippen LogP contribution >= 0.6 is 0 Å². The number of nitrogens with zero attached hydrogens (tertiary/aromatic N) is 2. The van der Waals surface area contributed by atoms with Gasteiger partial charge in [0.2, 0.25) is 0 Å². The first-order chi connectivity index (χ1) is 10.2. The fraction of sp³-hybridized carbons (Fsp3) is 0.286. The van der Waals surface area contributed by atoms with Gasteiger partial charge in [-0.05, 0) is 12.5 Å². The summed E-state index contributed by atoms with van der Waals surface area (Å²) in [5, 5.41) is 18.2. The number of H-pyrrole nitrogens is 1. The molecule has 0 fully saturated rings. The van der Waals surface area contributed by atoms with Crippen molar-refractivity contribution in [3.8, 4) is 5.75 Å². The van der Waals surface area contributed by atoms with Gasteiger partial charge in [-0.15, -0.1) is 0 Å². The van der Waals surface area contributed by atoms with Gasteiger partial charge in [-0.1, -0.05) is 12.1 Å². The molecule has 0 spiro atoms. The lowest BCUT2D eigenvalue weighted by molar-refractivity contribution is 0.417. The minimum absolute atomic E-state index is 0.675. The molecule has 0 radical (unpaired) electrons. The van der Waals surface area contributed by atoms with Crippen LogP contribution in [0.5, 0.6) is 5.75 Å². The van der Waals surface area contributed by atoms with Crippen molar-refractivity contribution < 1.29 is 9.26 Å². The summed E-state index contributed by atoms with van der Waals surface area (Å²) in [6, 6.07) is 5.69. The maximum absolute atomic E-state index is 5.43. The first kappa shape index (κ1) is 13.3. The lowest BCUT2D eigenvalue weighted by Crippen LogP contribution is -1.95. The van der Waals surface area contributed by atoms with Crippen LogP contribution in [0.25, 0.3) is 11.0 Å². The number of ether oxygens (including phenoxy) is 1. The average Bonchev–Trinajstić information content (AvgIpc) is 3.12. The van der Waals surface area contributed by atoms with Crippen molar-refractivity contribution in [2.24, 2.45) is 0 Å². The van der Waals surface area contributed by atoms with E-state index in [4.69, 9.17) is 9.26 Å². The minimum atomic E-state index is 0.675. The van der Waals surface area contributed by atoms with Gasteiger partial charge in [0.05, 0.1) is 18.2 Å². The Balaban J connectivity index is 2.00. The predicted octanol–water partition coefficient (Wildman–Crippen LogP) is 2.91. The van der Waals surface area contributed by atoms with Crippen molar-refractivity contribution in [3.05, 3.63) is 23.9 Å². The molecule has 0 aliphatic carbocycles. The Morgan fingerprint density at radius 3 is 2.86 bits per heavy atom. The van der Waals surface area contributed by atoms with Crippen LogP contribution in [-0.2, 0) is 6.42 Å². The number of methoxy groups -OCH3 is 1. The molecule has 0 atom stereocenters. The minimum Gasteiger partial charge on any atom is -0.495 e. The van der Waals surface area contributed by atoms with E-state index in [1.54, 1.807) is 14.2 Å². The van der Waals surface area contributed by atoms with E-state index in [-0.39, 0.29) is 0 Å². The van der Waals surface area contributed by atoms with Gasteiger partial charge in [0, 0.05) is 24.9 Å². The zero-order chi connectivity index (χ0) is 14.8. The lowest BCUT2D eigenvalue weighted by Gasteiger charge is -2.09. The van der Waals surface area contributed by atoms with E-state index in [0.717, 1.165) is 29.0 Å². The van der Waals surface area contributed by atoms with E-state index in [0.29, 0.717) is 17.2 Å². The Morgan fingerprint density at radius 2 is 2.19 bits per heavy atom. The van der Waals surface area contributed by atoms with E-state index in [1.807, 2.05) is 18.2 Å². The fourth-order valence-corrected chi connectivity index (χ4v) is 2.16. The van der Waals surface area contributed by atoms with E-state index >= 15 is 0 Å². The summed E-state index contributed by atoms with van der Waals surface area (Å²) in [6.07, 6.45) is 0.901. The molecule has 1 aromatic carbocycles. The highest BCUT2D eigenvalue weighted by atomic mass is 16.5. The Bertz CT molecular complexity index is 762. The molecule has 3 aromatic rings. The predicted molar refractivity (Wildman–Crippen MR) is 81.4 cm³/mol. The first-order valence-corrected chi connectivity index (χ1v) is 6.71. The van der Waals surface area contributed by atoms with Crippen LogP contribution < -0.4 is 15.4 Å². The van der Waals surface area contributed by atoms with Gasteiger partial charge in [0.25, 0.3) is 0 Å². The Hall–Kier alpha value is -2.70. The molecule has 0 amide bonds. The standard InChI is InChI=1S/C14H17N5O2/c1-4-8-5-13(18-17-8)16-10-7-11-9(6-12(10)20-3)14(15-2)19-21-11/h5-7H,4H2,1-3H3,(H,15,19)(H2,16,17,18). The molecule has 0 aliphatic rings. The molecule has 7 heteroatoms. The summed E-state index contributed by atoms with van der Waals surface area (Å²) in [7, 11) is 3.42. The zero-order valence-corrected chi connectivity index (χ0v) is 12.2. The quantitative estimate of drug-likeness (QED) is 0.668. The zero-order valence-electron chi connectivity index (χ0n) is 12.2.